The maximum Gasteiger partial charge on any atom is 0.137 e. The number of fused-ring (bicyclic) bond motifs is 3. The van der Waals surface area contributed by atoms with Crippen LogP contribution in [0.2, 0.25) is 0 Å². The van der Waals surface area contributed by atoms with Crippen molar-refractivity contribution in [2.24, 2.45) is 0 Å². The third kappa shape index (κ3) is 3.55. The van der Waals surface area contributed by atoms with Crippen LogP contribution in [0.5, 0.6) is 5.75 Å². The second kappa shape index (κ2) is 8.44. The number of nitriles is 1. The summed E-state index contributed by atoms with van der Waals surface area (Å²) in [5.41, 5.74) is 6.60. The predicted molar refractivity (Wildman–Crippen MR) is 128 cm³/mol. The van der Waals surface area contributed by atoms with Gasteiger partial charge in [-0.25, -0.2) is 9.37 Å². The highest BCUT2D eigenvalue weighted by molar-refractivity contribution is 5.88. The lowest BCUT2D eigenvalue weighted by Crippen LogP contribution is -2.09. The van der Waals surface area contributed by atoms with E-state index in [4.69, 9.17) is 9.72 Å². The van der Waals surface area contributed by atoms with E-state index in [0.717, 1.165) is 28.2 Å². The van der Waals surface area contributed by atoms with Crippen LogP contribution in [-0.4, -0.2) is 14.5 Å². The first-order valence-electron chi connectivity index (χ1n) is 11.2. The molecule has 0 bridgehead atoms. The van der Waals surface area contributed by atoms with Crippen LogP contribution in [0.1, 0.15) is 66.4 Å². The summed E-state index contributed by atoms with van der Waals surface area (Å²) in [7, 11) is 0. The highest BCUT2D eigenvalue weighted by Gasteiger charge is 2.26. The highest BCUT2D eigenvalue weighted by Crippen LogP contribution is 2.40. The van der Waals surface area contributed by atoms with Crippen molar-refractivity contribution >= 4 is 11.2 Å². The van der Waals surface area contributed by atoms with Gasteiger partial charge in [0.2, 0.25) is 0 Å². The Morgan fingerprint density at radius 1 is 1.15 bits per heavy atom. The van der Waals surface area contributed by atoms with Crippen LogP contribution in [0.25, 0.3) is 11.2 Å². The fourth-order valence-corrected chi connectivity index (χ4v) is 4.62. The number of rotatable bonds is 3. The smallest absolute Gasteiger partial charge is 0.137 e. The molecule has 1 N–H and O–H groups in total. The number of hydrogen-bond acceptors (Lipinski definition) is 4. The Bertz CT molecular complexity index is 1490. The quantitative estimate of drug-likeness (QED) is 0.391. The SMILES string of the molecule is C/C(C#N)=C1\c2ccc(C(O)c3c(C(C)C)nc4ccccn34)cc2COc2cc(F)ccc21. The van der Waals surface area contributed by atoms with Crippen molar-refractivity contribution < 1.29 is 14.2 Å². The van der Waals surface area contributed by atoms with Crippen LogP contribution in [0.15, 0.2) is 66.4 Å². The van der Waals surface area contributed by atoms with Gasteiger partial charge in [-0.15, -0.1) is 0 Å². The second-order valence-electron chi connectivity index (χ2n) is 8.83. The minimum atomic E-state index is -0.910. The molecule has 2 aromatic carbocycles. The van der Waals surface area contributed by atoms with Crippen LogP contribution in [0.3, 0.4) is 0 Å². The van der Waals surface area contributed by atoms with Gasteiger partial charge in [0.05, 0.1) is 17.5 Å². The molecular weight excluding hydrogens is 429 g/mol. The standard InChI is InChI=1S/C28H24FN3O2/c1-16(2)26-27(32-11-5-4-6-24(32)31-26)28(33)18-7-9-21-19(12-18)15-34-23-13-20(29)8-10-22(23)25(21)17(3)14-30/h4-13,16,28,33H,15H2,1-3H3/b25-17-. The zero-order chi connectivity index (χ0) is 24.0. The summed E-state index contributed by atoms with van der Waals surface area (Å²) in [4.78, 5) is 4.74. The molecule has 170 valence electrons. The van der Waals surface area contributed by atoms with Gasteiger partial charge in [-0.3, -0.25) is 0 Å². The fraction of sp³-hybridized carbons (Fsp3) is 0.214. The lowest BCUT2D eigenvalue weighted by Gasteiger charge is -2.17. The molecule has 0 saturated carbocycles. The maximum atomic E-state index is 13.9. The van der Waals surface area contributed by atoms with Gasteiger partial charge in [-0.2, -0.15) is 5.26 Å². The van der Waals surface area contributed by atoms with Crippen molar-refractivity contribution in [3.63, 3.8) is 0 Å². The van der Waals surface area contributed by atoms with Crippen molar-refractivity contribution in [3.8, 4) is 11.8 Å². The number of hydrogen-bond donors (Lipinski definition) is 1. The van der Waals surface area contributed by atoms with Crippen molar-refractivity contribution in [1.82, 2.24) is 9.38 Å². The second-order valence-corrected chi connectivity index (χ2v) is 8.83. The predicted octanol–water partition coefficient (Wildman–Crippen LogP) is 5.92. The van der Waals surface area contributed by atoms with E-state index in [2.05, 4.69) is 19.9 Å². The molecule has 6 heteroatoms. The third-order valence-corrected chi connectivity index (χ3v) is 6.25. The zero-order valence-corrected chi connectivity index (χ0v) is 19.2. The van der Waals surface area contributed by atoms with E-state index in [1.807, 2.05) is 47.0 Å². The summed E-state index contributed by atoms with van der Waals surface area (Å²) < 4.78 is 21.8. The molecule has 3 heterocycles. The number of pyridine rings is 1. The molecule has 34 heavy (non-hydrogen) atoms. The van der Waals surface area contributed by atoms with Gasteiger partial charge in [-0.05, 0) is 59.9 Å². The lowest BCUT2D eigenvalue weighted by atomic mass is 9.89. The molecule has 5 nitrogen and oxygen atoms in total. The summed E-state index contributed by atoms with van der Waals surface area (Å²) in [5, 5.41) is 21.2. The fourth-order valence-electron chi connectivity index (χ4n) is 4.62. The molecule has 1 aliphatic rings. The van der Waals surface area contributed by atoms with E-state index in [9.17, 15) is 14.8 Å². The van der Waals surface area contributed by atoms with Gasteiger partial charge in [-0.1, -0.05) is 32.0 Å². The molecule has 0 amide bonds. The average Bonchev–Trinajstić information content (AvgIpc) is 3.16. The van der Waals surface area contributed by atoms with E-state index in [1.54, 1.807) is 13.0 Å². The molecule has 0 saturated heterocycles. The summed E-state index contributed by atoms with van der Waals surface area (Å²) in [5.74, 6) is 0.126. The Kier molecular flexibility index (Phi) is 5.43. The normalized spacial score (nSPS) is 15.2. The summed E-state index contributed by atoms with van der Waals surface area (Å²) in [6, 6.07) is 18.0. The van der Waals surface area contributed by atoms with Gasteiger partial charge in [0.15, 0.2) is 0 Å². The topological polar surface area (TPSA) is 70.5 Å². The number of allylic oxidation sites excluding steroid dienone is 1. The molecular formula is C28H24FN3O2. The van der Waals surface area contributed by atoms with Crippen LogP contribution in [0, 0.1) is 17.1 Å². The van der Waals surface area contributed by atoms with E-state index in [1.165, 1.54) is 12.1 Å². The summed E-state index contributed by atoms with van der Waals surface area (Å²) in [6.07, 6.45) is 0.995. The Hall–Kier alpha value is -3.95. The minimum Gasteiger partial charge on any atom is -0.488 e. The monoisotopic (exact) mass is 453 g/mol. The number of benzene rings is 2. The van der Waals surface area contributed by atoms with Crippen molar-refractivity contribution in [2.45, 2.75) is 39.4 Å². The lowest BCUT2D eigenvalue weighted by molar-refractivity contribution is 0.212. The molecule has 2 aromatic heterocycles. The Labute approximate surface area is 197 Å². The number of aromatic nitrogens is 2. The number of imidazole rings is 1. The van der Waals surface area contributed by atoms with E-state index in [0.29, 0.717) is 28.0 Å². The largest absolute Gasteiger partial charge is 0.488 e. The van der Waals surface area contributed by atoms with Gasteiger partial charge in [0.1, 0.15) is 29.9 Å². The summed E-state index contributed by atoms with van der Waals surface area (Å²) in [6.45, 7) is 6.05. The highest BCUT2D eigenvalue weighted by atomic mass is 19.1. The van der Waals surface area contributed by atoms with Gasteiger partial charge >= 0.3 is 0 Å². The third-order valence-electron chi connectivity index (χ3n) is 6.25. The molecule has 5 rings (SSSR count). The van der Waals surface area contributed by atoms with E-state index >= 15 is 0 Å². The van der Waals surface area contributed by atoms with Gasteiger partial charge in [0, 0.05) is 29.0 Å². The van der Waals surface area contributed by atoms with Crippen LogP contribution in [-0.2, 0) is 6.61 Å². The number of nitrogens with zero attached hydrogens (tertiary/aromatic N) is 3. The van der Waals surface area contributed by atoms with Crippen molar-refractivity contribution in [3.05, 3.63) is 106 Å². The van der Waals surface area contributed by atoms with E-state index < -0.39 is 11.9 Å². The average molecular weight is 454 g/mol. The van der Waals surface area contributed by atoms with Crippen LogP contribution in [0.4, 0.5) is 4.39 Å². The van der Waals surface area contributed by atoms with E-state index in [-0.39, 0.29) is 12.5 Å². The van der Waals surface area contributed by atoms with Crippen LogP contribution < -0.4 is 4.74 Å². The molecule has 1 unspecified atom stereocenters. The Morgan fingerprint density at radius 2 is 1.94 bits per heavy atom. The number of aliphatic hydroxyl groups excluding tert-OH is 1. The number of halogens is 1. The molecule has 0 fully saturated rings. The molecule has 0 radical (unpaired) electrons. The van der Waals surface area contributed by atoms with Gasteiger partial charge in [0.25, 0.3) is 0 Å². The first kappa shape index (κ1) is 21.9. The molecule has 0 aliphatic carbocycles. The Morgan fingerprint density at radius 3 is 2.71 bits per heavy atom. The molecule has 0 spiro atoms. The minimum absolute atomic E-state index is 0.130. The van der Waals surface area contributed by atoms with Crippen molar-refractivity contribution in [1.29, 1.82) is 5.26 Å². The first-order chi connectivity index (χ1) is 16.4. The first-order valence-corrected chi connectivity index (χ1v) is 11.2. The van der Waals surface area contributed by atoms with Gasteiger partial charge < -0.3 is 14.2 Å². The maximum absolute atomic E-state index is 13.9. The molecule has 4 aromatic rings. The molecule has 1 atom stereocenters. The van der Waals surface area contributed by atoms with Crippen LogP contribution >= 0.6 is 0 Å². The zero-order valence-electron chi connectivity index (χ0n) is 19.2. The summed E-state index contributed by atoms with van der Waals surface area (Å²) >= 11 is 0. The number of ether oxygens (including phenoxy) is 1. The molecule has 1 aliphatic heterocycles. The Balaban J connectivity index is 1.66. The van der Waals surface area contributed by atoms with Crippen molar-refractivity contribution in [2.75, 3.05) is 0 Å². The number of aliphatic hydroxyl groups is 1.